The van der Waals surface area contributed by atoms with Gasteiger partial charge in [0, 0.05) is 6.04 Å². The lowest BCUT2D eigenvalue weighted by Crippen LogP contribution is -2.40. The number of allylic oxidation sites excluding steroid dienone is 1. The van der Waals surface area contributed by atoms with Gasteiger partial charge in [-0.1, -0.05) is 41.4 Å². The van der Waals surface area contributed by atoms with Gasteiger partial charge in [0.15, 0.2) is 15.7 Å². The van der Waals surface area contributed by atoms with E-state index in [1.807, 2.05) is 5.32 Å². The first kappa shape index (κ1) is 33.7. The fourth-order valence-electron chi connectivity index (χ4n) is 3.50. The fourth-order valence-corrected chi connectivity index (χ4v) is 5.47. The third kappa shape index (κ3) is 9.54. The summed E-state index contributed by atoms with van der Waals surface area (Å²) in [7, 11) is -4.77. The molecule has 0 saturated carbocycles. The van der Waals surface area contributed by atoms with Crippen LogP contribution >= 0.6 is 23.2 Å². The van der Waals surface area contributed by atoms with E-state index in [2.05, 4.69) is 0 Å². The Morgan fingerprint density at radius 2 is 1.52 bits per heavy atom. The van der Waals surface area contributed by atoms with Crippen LogP contribution in [0, 0.1) is 5.82 Å². The maximum Gasteiger partial charge on any atom is 0.417 e. The number of amides is 1. The molecule has 0 aliphatic heterocycles. The number of alkyl halides is 9. The largest absolute Gasteiger partial charge is 0.417 e. The minimum Gasteiger partial charge on any atom is -0.349 e. The molecule has 2 rings (SSSR count). The molecule has 1 amide bonds. The molecule has 17 heteroatoms. The Kier molecular flexibility index (Phi) is 10.2. The summed E-state index contributed by atoms with van der Waals surface area (Å²) >= 11 is 11.1. The van der Waals surface area contributed by atoms with Crippen LogP contribution in [0.5, 0.6) is 0 Å². The van der Waals surface area contributed by atoms with Crippen molar-refractivity contribution in [3.63, 3.8) is 0 Å². The van der Waals surface area contributed by atoms with Crippen molar-refractivity contribution in [1.29, 1.82) is 0 Å². The van der Waals surface area contributed by atoms with Gasteiger partial charge in [0.05, 0.1) is 32.8 Å². The van der Waals surface area contributed by atoms with Gasteiger partial charge >= 0.3 is 18.5 Å². The first-order valence-electron chi connectivity index (χ1n) is 10.7. The number of benzene rings is 2. The molecule has 2 unspecified atom stereocenters. The van der Waals surface area contributed by atoms with Gasteiger partial charge in [-0.3, -0.25) is 4.79 Å². The zero-order valence-corrected chi connectivity index (χ0v) is 22.1. The van der Waals surface area contributed by atoms with Crippen molar-refractivity contribution in [3.8, 4) is 0 Å². The van der Waals surface area contributed by atoms with E-state index in [4.69, 9.17) is 23.2 Å². The van der Waals surface area contributed by atoms with E-state index in [1.54, 1.807) is 0 Å². The molecule has 0 heterocycles. The molecule has 1 N–H and O–H groups in total. The van der Waals surface area contributed by atoms with Crippen molar-refractivity contribution in [2.24, 2.45) is 0 Å². The Labute approximate surface area is 230 Å². The van der Waals surface area contributed by atoms with Crippen molar-refractivity contribution < 1.29 is 57.1 Å². The van der Waals surface area contributed by atoms with E-state index in [0.717, 1.165) is 13.0 Å². The molecule has 2 aromatic carbocycles. The molecule has 222 valence electrons. The standard InChI is InChI=1S/C23H17Cl2F10NO3S/c1-11(9-40(38,39)10-21(27,28)29)36-20(37)14-4-2-12(6-16(14)23(33,34)35)3-5-15(22(30,31)32)13-7-17(24)19(26)18(25)8-13/h2-8,11,15H,9-10H2,1H3,(H,36,37)/b5-3+. The molecular weight excluding hydrogens is 631 g/mol. The molecule has 40 heavy (non-hydrogen) atoms. The van der Waals surface area contributed by atoms with Crippen LogP contribution in [-0.4, -0.2) is 44.2 Å². The number of carbonyl (C=O) groups is 1. The first-order chi connectivity index (χ1) is 18.0. The lowest BCUT2D eigenvalue weighted by molar-refractivity contribution is -0.139. The van der Waals surface area contributed by atoms with E-state index in [-0.39, 0.29) is 0 Å². The second-order valence-electron chi connectivity index (χ2n) is 8.52. The van der Waals surface area contributed by atoms with Gasteiger partial charge in [-0.25, -0.2) is 12.8 Å². The van der Waals surface area contributed by atoms with Gasteiger partial charge in [0.2, 0.25) is 0 Å². The third-order valence-electron chi connectivity index (χ3n) is 5.06. The van der Waals surface area contributed by atoms with Gasteiger partial charge in [-0.05, 0) is 42.3 Å². The number of hydrogen-bond acceptors (Lipinski definition) is 3. The number of nitrogens with one attached hydrogen (secondary N) is 1. The van der Waals surface area contributed by atoms with Crippen LogP contribution in [0.2, 0.25) is 10.0 Å². The SMILES string of the molecule is CC(CS(=O)(=O)CC(F)(F)F)NC(=O)c1ccc(/C=C/C(c2cc(Cl)c(F)c(Cl)c2)C(F)(F)F)cc1C(F)(F)F. The highest BCUT2D eigenvalue weighted by molar-refractivity contribution is 7.91. The minimum atomic E-state index is -5.22. The smallest absolute Gasteiger partial charge is 0.349 e. The molecule has 0 saturated heterocycles. The number of hydrogen-bond donors (Lipinski definition) is 1. The van der Waals surface area contributed by atoms with Gasteiger partial charge in [-0.15, -0.1) is 0 Å². The zero-order valence-electron chi connectivity index (χ0n) is 19.8. The molecule has 4 nitrogen and oxygen atoms in total. The Morgan fingerprint density at radius 3 is 2.00 bits per heavy atom. The van der Waals surface area contributed by atoms with Gasteiger partial charge in [0.1, 0.15) is 5.75 Å². The minimum absolute atomic E-state index is 0.342. The molecule has 0 aliphatic rings. The van der Waals surface area contributed by atoms with Crippen LogP contribution in [0.15, 0.2) is 36.4 Å². The molecule has 0 radical (unpaired) electrons. The van der Waals surface area contributed by atoms with Crippen molar-refractivity contribution in [1.82, 2.24) is 5.32 Å². The monoisotopic (exact) mass is 647 g/mol. The Bertz CT molecular complexity index is 1360. The molecule has 2 atom stereocenters. The lowest BCUT2D eigenvalue weighted by atomic mass is 9.96. The zero-order chi connectivity index (χ0) is 30.8. The Balaban J connectivity index is 2.39. The molecule has 0 bridgehead atoms. The van der Waals surface area contributed by atoms with Gasteiger partial charge < -0.3 is 5.32 Å². The number of halogens is 12. The summed E-state index contributed by atoms with van der Waals surface area (Å²) in [6, 6.07) is 1.56. The number of sulfone groups is 1. The van der Waals surface area contributed by atoms with E-state index < -0.39 is 95.9 Å². The number of carbonyl (C=O) groups excluding carboxylic acids is 1. The normalized spacial score (nSPS) is 14.8. The molecule has 0 spiro atoms. The average Bonchev–Trinajstić information content (AvgIpc) is 2.73. The Hall–Kier alpha value is -2.52. The van der Waals surface area contributed by atoms with Crippen molar-refractivity contribution in [3.05, 3.63) is 74.5 Å². The topological polar surface area (TPSA) is 63.2 Å². The predicted molar refractivity (Wildman–Crippen MR) is 127 cm³/mol. The van der Waals surface area contributed by atoms with E-state index >= 15 is 0 Å². The molecule has 0 aliphatic carbocycles. The van der Waals surface area contributed by atoms with E-state index in [1.165, 1.54) is 0 Å². The molecular formula is C23H17Cl2F10NO3S. The Morgan fingerprint density at radius 1 is 0.975 bits per heavy atom. The van der Waals surface area contributed by atoms with Crippen LogP contribution < -0.4 is 5.32 Å². The van der Waals surface area contributed by atoms with E-state index in [0.29, 0.717) is 36.4 Å². The van der Waals surface area contributed by atoms with Crippen molar-refractivity contribution >= 4 is 45.0 Å². The third-order valence-corrected chi connectivity index (χ3v) is 7.38. The quantitative estimate of drug-likeness (QED) is 0.237. The van der Waals surface area contributed by atoms with Crippen LogP contribution in [0.1, 0.15) is 39.9 Å². The van der Waals surface area contributed by atoms with Gasteiger partial charge in [0.25, 0.3) is 5.91 Å². The summed E-state index contributed by atoms with van der Waals surface area (Å²) in [6.45, 7) is 0.960. The summed E-state index contributed by atoms with van der Waals surface area (Å²) in [6.07, 6.45) is -14.2. The molecule has 0 fully saturated rings. The summed E-state index contributed by atoms with van der Waals surface area (Å²) in [5, 5.41) is 0.425. The maximum atomic E-state index is 13.7. The fraction of sp³-hybridized carbons (Fsp3) is 0.348. The van der Waals surface area contributed by atoms with Crippen molar-refractivity contribution in [2.75, 3.05) is 11.5 Å². The van der Waals surface area contributed by atoms with E-state index in [9.17, 15) is 57.1 Å². The maximum absolute atomic E-state index is 13.7. The highest BCUT2D eigenvalue weighted by atomic mass is 35.5. The summed E-state index contributed by atoms with van der Waals surface area (Å²) in [5.41, 5.74) is -3.73. The van der Waals surface area contributed by atoms with Crippen LogP contribution in [0.3, 0.4) is 0 Å². The second kappa shape index (κ2) is 12.1. The highest BCUT2D eigenvalue weighted by Gasteiger charge is 2.40. The average molecular weight is 648 g/mol. The molecule has 0 aromatic heterocycles. The highest BCUT2D eigenvalue weighted by Crippen LogP contribution is 2.40. The second-order valence-corrected chi connectivity index (χ2v) is 11.4. The van der Waals surface area contributed by atoms with Crippen molar-refractivity contribution in [2.45, 2.75) is 37.4 Å². The van der Waals surface area contributed by atoms with Gasteiger partial charge in [-0.2, -0.15) is 39.5 Å². The summed E-state index contributed by atoms with van der Waals surface area (Å²) < 4.78 is 156. The van der Waals surface area contributed by atoms with Crippen LogP contribution in [0.4, 0.5) is 43.9 Å². The predicted octanol–water partition coefficient (Wildman–Crippen LogP) is 7.61. The lowest BCUT2D eigenvalue weighted by Gasteiger charge is -2.19. The van der Waals surface area contributed by atoms with Crippen LogP contribution in [0.25, 0.3) is 6.08 Å². The van der Waals surface area contributed by atoms with Crippen LogP contribution in [-0.2, 0) is 16.0 Å². The first-order valence-corrected chi connectivity index (χ1v) is 13.3. The summed E-state index contributed by atoms with van der Waals surface area (Å²) in [5.74, 6) is -8.56. The number of rotatable bonds is 8. The summed E-state index contributed by atoms with van der Waals surface area (Å²) in [4.78, 5) is 12.4. The molecule has 2 aromatic rings.